The predicted octanol–water partition coefficient (Wildman–Crippen LogP) is 2.57. The highest BCUT2D eigenvalue weighted by Gasteiger charge is 2.22. The van der Waals surface area contributed by atoms with Gasteiger partial charge in [-0.05, 0) is 31.4 Å². The molecule has 0 heterocycles. The molecule has 0 saturated heterocycles. The Morgan fingerprint density at radius 1 is 1.26 bits per heavy atom. The molecule has 1 atom stereocenters. The molecule has 0 saturated carbocycles. The number of benzene rings is 1. The molecule has 0 aliphatic carbocycles. The minimum atomic E-state index is -0.127. The summed E-state index contributed by atoms with van der Waals surface area (Å²) in [5.41, 5.74) is 2.60. The molecule has 106 valence electrons. The highest BCUT2D eigenvalue weighted by Crippen LogP contribution is 2.11. The van der Waals surface area contributed by atoms with E-state index in [1.807, 2.05) is 13.8 Å². The fourth-order valence-corrected chi connectivity index (χ4v) is 1.99. The lowest BCUT2D eigenvalue weighted by atomic mass is 9.96. The molecule has 19 heavy (non-hydrogen) atoms. The van der Waals surface area contributed by atoms with Gasteiger partial charge in [0.1, 0.15) is 0 Å². The van der Waals surface area contributed by atoms with Crippen LogP contribution in [0, 0.1) is 18.8 Å². The highest BCUT2D eigenvalue weighted by atomic mass is 16.5. The Morgan fingerprint density at radius 2 is 1.89 bits per heavy atom. The number of hydrogen-bond donors (Lipinski definition) is 1. The summed E-state index contributed by atoms with van der Waals surface area (Å²) in [5, 5.41) is 3.34. The van der Waals surface area contributed by atoms with E-state index in [9.17, 15) is 4.79 Å². The summed E-state index contributed by atoms with van der Waals surface area (Å²) in [6.07, 6.45) is 0.978. The zero-order valence-electron chi connectivity index (χ0n) is 12.4. The maximum absolute atomic E-state index is 11.6. The number of nitrogens with one attached hydrogen (secondary N) is 1. The quantitative estimate of drug-likeness (QED) is 0.607. The lowest BCUT2D eigenvalue weighted by Crippen LogP contribution is -2.33. The number of methoxy groups -OCH3 is 1. The average molecular weight is 263 g/mol. The number of carbonyl (C=O) groups excluding carboxylic acids is 1. The molecule has 0 fully saturated rings. The molecular weight excluding hydrogens is 238 g/mol. The third-order valence-corrected chi connectivity index (χ3v) is 3.38. The first-order valence-electron chi connectivity index (χ1n) is 6.88. The zero-order valence-corrected chi connectivity index (χ0v) is 12.4. The Bertz CT molecular complexity index is 384. The van der Waals surface area contributed by atoms with Crippen LogP contribution in [0.15, 0.2) is 24.3 Å². The lowest BCUT2D eigenvalue weighted by molar-refractivity contribution is -0.146. The van der Waals surface area contributed by atoms with Gasteiger partial charge in [-0.2, -0.15) is 0 Å². The summed E-state index contributed by atoms with van der Waals surface area (Å²) in [7, 11) is 1.45. The van der Waals surface area contributed by atoms with E-state index >= 15 is 0 Å². The van der Waals surface area contributed by atoms with Gasteiger partial charge in [0.25, 0.3) is 0 Å². The van der Waals surface area contributed by atoms with Crippen molar-refractivity contribution in [1.29, 1.82) is 0 Å². The largest absolute Gasteiger partial charge is 0.469 e. The van der Waals surface area contributed by atoms with Crippen LogP contribution in [-0.4, -0.2) is 26.2 Å². The SMILES string of the molecule is COC(=O)C(CNCCc1ccc(C)cc1)C(C)C. The predicted molar refractivity (Wildman–Crippen MR) is 78.1 cm³/mol. The second-order valence-corrected chi connectivity index (χ2v) is 5.31. The van der Waals surface area contributed by atoms with Gasteiger partial charge in [-0.25, -0.2) is 0 Å². The zero-order chi connectivity index (χ0) is 14.3. The Balaban J connectivity index is 2.32. The number of esters is 1. The van der Waals surface area contributed by atoms with Crippen LogP contribution < -0.4 is 5.32 Å². The van der Waals surface area contributed by atoms with E-state index in [2.05, 4.69) is 36.5 Å². The number of hydrogen-bond acceptors (Lipinski definition) is 3. The van der Waals surface area contributed by atoms with Crippen molar-refractivity contribution < 1.29 is 9.53 Å². The van der Waals surface area contributed by atoms with Crippen LogP contribution in [0.2, 0.25) is 0 Å². The van der Waals surface area contributed by atoms with Crippen molar-refractivity contribution in [3.63, 3.8) is 0 Å². The summed E-state index contributed by atoms with van der Waals surface area (Å²) in [4.78, 5) is 11.6. The van der Waals surface area contributed by atoms with Crippen LogP contribution in [0.4, 0.5) is 0 Å². The monoisotopic (exact) mass is 263 g/mol. The van der Waals surface area contributed by atoms with E-state index in [-0.39, 0.29) is 11.9 Å². The van der Waals surface area contributed by atoms with E-state index in [4.69, 9.17) is 4.74 Å². The molecular formula is C16H25NO2. The molecule has 0 aliphatic heterocycles. The summed E-state index contributed by atoms with van der Waals surface area (Å²) in [5.74, 6) is 0.0974. The summed E-state index contributed by atoms with van der Waals surface area (Å²) in [6.45, 7) is 7.73. The molecule has 3 nitrogen and oxygen atoms in total. The van der Waals surface area contributed by atoms with Crippen molar-refractivity contribution in [2.45, 2.75) is 27.2 Å². The van der Waals surface area contributed by atoms with Crippen LogP contribution in [0.25, 0.3) is 0 Å². The Morgan fingerprint density at radius 3 is 2.42 bits per heavy atom. The van der Waals surface area contributed by atoms with Gasteiger partial charge in [0.05, 0.1) is 13.0 Å². The van der Waals surface area contributed by atoms with Gasteiger partial charge in [-0.3, -0.25) is 4.79 Å². The first-order chi connectivity index (χ1) is 9.04. The molecule has 1 N–H and O–H groups in total. The van der Waals surface area contributed by atoms with Gasteiger partial charge in [0.2, 0.25) is 0 Å². The molecule has 1 aromatic carbocycles. The van der Waals surface area contributed by atoms with E-state index < -0.39 is 0 Å². The van der Waals surface area contributed by atoms with Crippen molar-refractivity contribution >= 4 is 5.97 Å². The minimum Gasteiger partial charge on any atom is -0.469 e. The molecule has 0 radical (unpaired) electrons. The van der Waals surface area contributed by atoms with E-state index in [0.29, 0.717) is 12.5 Å². The Kier molecular flexibility index (Phi) is 6.57. The second kappa shape index (κ2) is 7.95. The van der Waals surface area contributed by atoms with Crippen LogP contribution in [-0.2, 0) is 16.0 Å². The number of aryl methyl sites for hydroxylation is 1. The Labute approximate surface area is 116 Å². The van der Waals surface area contributed by atoms with E-state index in [1.165, 1.54) is 18.2 Å². The molecule has 0 aromatic heterocycles. The van der Waals surface area contributed by atoms with Gasteiger partial charge in [-0.1, -0.05) is 43.7 Å². The molecule has 0 amide bonds. The molecule has 1 rings (SSSR count). The van der Waals surface area contributed by atoms with Crippen LogP contribution in [0.1, 0.15) is 25.0 Å². The maximum atomic E-state index is 11.6. The maximum Gasteiger partial charge on any atom is 0.310 e. The number of carbonyl (C=O) groups is 1. The average Bonchev–Trinajstić information content (AvgIpc) is 2.39. The van der Waals surface area contributed by atoms with Crippen LogP contribution in [0.3, 0.4) is 0 Å². The van der Waals surface area contributed by atoms with Crippen molar-refractivity contribution in [3.8, 4) is 0 Å². The second-order valence-electron chi connectivity index (χ2n) is 5.31. The van der Waals surface area contributed by atoms with Crippen molar-refractivity contribution in [2.24, 2.45) is 11.8 Å². The fourth-order valence-electron chi connectivity index (χ4n) is 1.99. The molecule has 1 unspecified atom stereocenters. The van der Waals surface area contributed by atoms with Crippen molar-refractivity contribution in [1.82, 2.24) is 5.32 Å². The summed E-state index contributed by atoms with van der Waals surface area (Å²) in [6, 6.07) is 8.55. The van der Waals surface area contributed by atoms with Gasteiger partial charge >= 0.3 is 5.97 Å². The number of ether oxygens (including phenoxy) is 1. The summed E-state index contributed by atoms with van der Waals surface area (Å²) >= 11 is 0. The van der Waals surface area contributed by atoms with Gasteiger partial charge in [-0.15, -0.1) is 0 Å². The normalized spacial score (nSPS) is 12.5. The lowest BCUT2D eigenvalue weighted by Gasteiger charge is -2.18. The van der Waals surface area contributed by atoms with Gasteiger partial charge < -0.3 is 10.1 Å². The first-order valence-corrected chi connectivity index (χ1v) is 6.88. The van der Waals surface area contributed by atoms with E-state index in [0.717, 1.165) is 13.0 Å². The molecule has 0 bridgehead atoms. The molecule has 1 aromatic rings. The molecule has 3 heteroatoms. The van der Waals surface area contributed by atoms with Crippen molar-refractivity contribution in [3.05, 3.63) is 35.4 Å². The third kappa shape index (κ3) is 5.43. The topological polar surface area (TPSA) is 38.3 Å². The van der Waals surface area contributed by atoms with Crippen LogP contribution >= 0.6 is 0 Å². The Hall–Kier alpha value is -1.35. The van der Waals surface area contributed by atoms with E-state index in [1.54, 1.807) is 0 Å². The molecule has 0 aliphatic rings. The molecule has 0 spiro atoms. The minimum absolute atomic E-state index is 0.0667. The first kappa shape index (κ1) is 15.7. The van der Waals surface area contributed by atoms with Crippen LogP contribution in [0.5, 0.6) is 0 Å². The van der Waals surface area contributed by atoms with Gasteiger partial charge in [0, 0.05) is 6.54 Å². The summed E-state index contributed by atoms with van der Waals surface area (Å²) < 4.78 is 4.82. The number of rotatable bonds is 7. The third-order valence-electron chi connectivity index (χ3n) is 3.38. The van der Waals surface area contributed by atoms with Gasteiger partial charge in [0.15, 0.2) is 0 Å². The smallest absolute Gasteiger partial charge is 0.310 e. The standard InChI is InChI=1S/C16H25NO2/c1-12(2)15(16(18)19-4)11-17-10-9-14-7-5-13(3)6-8-14/h5-8,12,15,17H,9-11H2,1-4H3. The van der Waals surface area contributed by atoms with Crippen molar-refractivity contribution in [2.75, 3.05) is 20.2 Å². The fraction of sp³-hybridized carbons (Fsp3) is 0.562. The highest BCUT2D eigenvalue weighted by molar-refractivity contribution is 5.72.